The number of nitrogens with zero attached hydrogens (tertiary/aromatic N) is 1. The standard InChI is InChI=1S/C14H23N3O.ClH/c1-4-17(5-2)11(3)10-16-14(18)12-6-8-13(15)9-7-12;/h6-9,11H,4-5,10,15H2,1-3H3,(H,16,18);1H. The number of nitrogen functional groups attached to an aromatic ring is 1. The van der Waals surface area contributed by atoms with Crippen molar-refractivity contribution in [1.82, 2.24) is 10.2 Å². The maximum absolute atomic E-state index is 11.9. The summed E-state index contributed by atoms with van der Waals surface area (Å²) >= 11 is 0. The summed E-state index contributed by atoms with van der Waals surface area (Å²) in [6, 6.07) is 7.31. The Balaban J connectivity index is 0.00000324. The monoisotopic (exact) mass is 285 g/mol. The van der Waals surface area contributed by atoms with Gasteiger partial charge in [-0.1, -0.05) is 13.8 Å². The summed E-state index contributed by atoms with van der Waals surface area (Å²) in [5, 5.41) is 2.95. The number of carbonyl (C=O) groups is 1. The summed E-state index contributed by atoms with van der Waals surface area (Å²) in [5.74, 6) is -0.0472. The van der Waals surface area contributed by atoms with Crippen LogP contribution in [-0.4, -0.2) is 36.5 Å². The average Bonchev–Trinajstić information content (AvgIpc) is 2.38. The maximum atomic E-state index is 11.9. The Morgan fingerprint density at radius 2 is 1.79 bits per heavy atom. The van der Waals surface area contributed by atoms with E-state index in [1.54, 1.807) is 24.3 Å². The Morgan fingerprint density at radius 1 is 1.26 bits per heavy atom. The second-order valence-corrected chi connectivity index (χ2v) is 4.40. The Kier molecular flexibility index (Phi) is 8.19. The first-order chi connectivity index (χ1) is 8.58. The van der Waals surface area contributed by atoms with Crippen molar-refractivity contribution in [2.45, 2.75) is 26.8 Å². The number of rotatable bonds is 6. The molecule has 1 atom stereocenters. The number of halogens is 1. The summed E-state index contributed by atoms with van der Waals surface area (Å²) < 4.78 is 0. The largest absolute Gasteiger partial charge is 0.399 e. The number of hydrogen-bond donors (Lipinski definition) is 2. The van der Waals surface area contributed by atoms with Gasteiger partial charge in [0.15, 0.2) is 0 Å². The molecule has 3 N–H and O–H groups in total. The van der Waals surface area contributed by atoms with Gasteiger partial charge < -0.3 is 11.1 Å². The molecule has 0 spiro atoms. The summed E-state index contributed by atoms with van der Waals surface area (Å²) in [6.07, 6.45) is 0. The molecule has 0 saturated heterocycles. The van der Waals surface area contributed by atoms with Gasteiger partial charge >= 0.3 is 0 Å². The molecule has 0 aliphatic heterocycles. The minimum absolute atomic E-state index is 0. The van der Waals surface area contributed by atoms with Crippen LogP contribution in [0.1, 0.15) is 31.1 Å². The molecule has 0 fully saturated rings. The zero-order chi connectivity index (χ0) is 13.5. The molecular weight excluding hydrogens is 262 g/mol. The van der Waals surface area contributed by atoms with Crippen LogP contribution in [0, 0.1) is 0 Å². The summed E-state index contributed by atoms with van der Waals surface area (Å²) in [7, 11) is 0. The molecule has 1 unspecified atom stereocenters. The van der Waals surface area contributed by atoms with E-state index in [0.29, 0.717) is 23.8 Å². The number of likely N-dealkylation sites (N-methyl/N-ethyl adjacent to an activating group) is 1. The van der Waals surface area contributed by atoms with E-state index in [1.807, 2.05) is 0 Å². The number of nitrogens with two attached hydrogens (primary N) is 1. The number of nitrogens with one attached hydrogen (secondary N) is 1. The smallest absolute Gasteiger partial charge is 0.251 e. The molecule has 0 bridgehead atoms. The predicted octanol–water partition coefficient (Wildman–Crippen LogP) is 2.15. The fourth-order valence-electron chi connectivity index (χ4n) is 1.95. The predicted molar refractivity (Wildman–Crippen MR) is 82.8 cm³/mol. The van der Waals surface area contributed by atoms with E-state index < -0.39 is 0 Å². The van der Waals surface area contributed by atoms with E-state index in [1.165, 1.54) is 0 Å². The van der Waals surface area contributed by atoms with Gasteiger partial charge in [0.25, 0.3) is 5.91 Å². The van der Waals surface area contributed by atoms with Crippen molar-refractivity contribution in [2.24, 2.45) is 0 Å². The quantitative estimate of drug-likeness (QED) is 0.788. The third kappa shape index (κ3) is 5.49. The van der Waals surface area contributed by atoms with Crippen LogP contribution in [0.15, 0.2) is 24.3 Å². The van der Waals surface area contributed by atoms with Gasteiger partial charge in [-0.15, -0.1) is 12.4 Å². The number of benzene rings is 1. The van der Waals surface area contributed by atoms with Crippen molar-refractivity contribution < 1.29 is 4.79 Å². The molecule has 0 saturated carbocycles. The molecule has 5 heteroatoms. The van der Waals surface area contributed by atoms with Crippen molar-refractivity contribution in [3.8, 4) is 0 Å². The highest BCUT2D eigenvalue weighted by Crippen LogP contribution is 2.05. The van der Waals surface area contributed by atoms with Gasteiger partial charge in [-0.25, -0.2) is 0 Å². The minimum atomic E-state index is -0.0472. The number of hydrogen-bond acceptors (Lipinski definition) is 3. The first-order valence-corrected chi connectivity index (χ1v) is 6.46. The fourth-order valence-corrected chi connectivity index (χ4v) is 1.95. The van der Waals surface area contributed by atoms with Crippen LogP contribution in [0.4, 0.5) is 5.69 Å². The Hall–Kier alpha value is -1.26. The zero-order valence-corrected chi connectivity index (χ0v) is 12.7. The number of carbonyl (C=O) groups excluding carboxylic acids is 1. The van der Waals surface area contributed by atoms with Crippen molar-refractivity contribution in [2.75, 3.05) is 25.4 Å². The molecule has 0 aliphatic carbocycles. The lowest BCUT2D eigenvalue weighted by atomic mass is 10.2. The molecule has 1 aromatic carbocycles. The zero-order valence-electron chi connectivity index (χ0n) is 11.8. The van der Waals surface area contributed by atoms with Crippen LogP contribution < -0.4 is 11.1 Å². The molecule has 1 amide bonds. The van der Waals surface area contributed by atoms with Gasteiger partial charge in [0.2, 0.25) is 0 Å². The van der Waals surface area contributed by atoms with Crippen LogP contribution in [0.2, 0.25) is 0 Å². The fraction of sp³-hybridized carbons (Fsp3) is 0.500. The van der Waals surface area contributed by atoms with Crippen molar-refractivity contribution in [3.63, 3.8) is 0 Å². The van der Waals surface area contributed by atoms with Crippen LogP contribution in [-0.2, 0) is 0 Å². The molecule has 19 heavy (non-hydrogen) atoms. The molecular formula is C14H24ClN3O. The average molecular weight is 286 g/mol. The van der Waals surface area contributed by atoms with Gasteiger partial charge in [-0.2, -0.15) is 0 Å². The van der Waals surface area contributed by atoms with Crippen LogP contribution in [0.25, 0.3) is 0 Å². The Bertz CT molecular complexity index is 377. The lowest BCUT2D eigenvalue weighted by Crippen LogP contribution is -2.41. The summed E-state index contributed by atoms with van der Waals surface area (Å²) in [6.45, 7) is 9.02. The summed E-state index contributed by atoms with van der Waals surface area (Å²) in [4.78, 5) is 14.2. The molecule has 1 aromatic rings. The first kappa shape index (κ1) is 17.7. The van der Waals surface area contributed by atoms with E-state index in [9.17, 15) is 4.79 Å². The van der Waals surface area contributed by atoms with Crippen LogP contribution in [0.3, 0.4) is 0 Å². The van der Waals surface area contributed by atoms with Gasteiger partial charge in [-0.05, 0) is 44.3 Å². The first-order valence-electron chi connectivity index (χ1n) is 6.46. The Labute approximate surface area is 121 Å². The third-order valence-electron chi connectivity index (χ3n) is 3.17. The molecule has 0 aliphatic rings. The lowest BCUT2D eigenvalue weighted by Gasteiger charge is -2.26. The van der Waals surface area contributed by atoms with Crippen LogP contribution in [0.5, 0.6) is 0 Å². The van der Waals surface area contributed by atoms with Crippen molar-refractivity contribution >= 4 is 24.0 Å². The molecule has 1 rings (SSSR count). The highest BCUT2D eigenvalue weighted by molar-refractivity contribution is 5.94. The molecule has 4 nitrogen and oxygen atoms in total. The van der Waals surface area contributed by atoms with E-state index in [4.69, 9.17) is 5.73 Å². The number of amides is 1. The van der Waals surface area contributed by atoms with Crippen molar-refractivity contribution in [3.05, 3.63) is 29.8 Å². The normalized spacial score (nSPS) is 11.8. The third-order valence-corrected chi connectivity index (χ3v) is 3.17. The topological polar surface area (TPSA) is 58.4 Å². The highest BCUT2D eigenvalue weighted by atomic mass is 35.5. The lowest BCUT2D eigenvalue weighted by molar-refractivity contribution is 0.0938. The van der Waals surface area contributed by atoms with Gasteiger partial charge in [0.1, 0.15) is 0 Å². The second kappa shape index (κ2) is 8.77. The van der Waals surface area contributed by atoms with E-state index in [-0.39, 0.29) is 18.3 Å². The molecule has 0 heterocycles. The second-order valence-electron chi connectivity index (χ2n) is 4.40. The molecule has 0 radical (unpaired) electrons. The van der Waals surface area contributed by atoms with Gasteiger partial charge in [0, 0.05) is 23.8 Å². The van der Waals surface area contributed by atoms with Gasteiger partial charge in [-0.3, -0.25) is 9.69 Å². The van der Waals surface area contributed by atoms with Crippen molar-refractivity contribution in [1.29, 1.82) is 0 Å². The summed E-state index contributed by atoms with van der Waals surface area (Å²) in [5.41, 5.74) is 6.90. The van der Waals surface area contributed by atoms with E-state index in [0.717, 1.165) is 13.1 Å². The highest BCUT2D eigenvalue weighted by Gasteiger charge is 2.11. The Morgan fingerprint density at radius 3 is 2.26 bits per heavy atom. The van der Waals surface area contributed by atoms with E-state index in [2.05, 4.69) is 31.0 Å². The van der Waals surface area contributed by atoms with E-state index >= 15 is 0 Å². The molecule has 108 valence electrons. The molecule has 0 aromatic heterocycles. The van der Waals surface area contributed by atoms with Crippen LogP contribution >= 0.6 is 12.4 Å². The SMILES string of the molecule is CCN(CC)C(C)CNC(=O)c1ccc(N)cc1.Cl. The van der Waals surface area contributed by atoms with Gasteiger partial charge in [0.05, 0.1) is 0 Å². The maximum Gasteiger partial charge on any atom is 0.251 e. The number of anilines is 1. The minimum Gasteiger partial charge on any atom is -0.399 e.